The van der Waals surface area contributed by atoms with Crippen LogP contribution in [0.1, 0.15) is 36.8 Å². The van der Waals surface area contributed by atoms with E-state index in [9.17, 15) is 9.59 Å². The molecule has 1 fully saturated rings. The number of hydrogen-bond acceptors (Lipinski definition) is 4. The summed E-state index contributed by atoms with van der Waals surface area (Å²) >= 11 is 0. The van der Waals surface area contributed by atoms with E-state index in [0.29, 0.717) is 39.0 Å². The Bertz CT molecular complexity index is 841. The number of piperidine rings is 1. The van der Waals surface area contributed by atoms with Crippen LogP contribution in [0.4, 0.5) is 0 Å². The number of carbonyl (C=O) groups is 2. The fourth-order valence-corrected chi connectivity index (χ4v) is 3.69. The minimum Gasteiger partial charge on any atom is -0.497 e. The highest BCUT2D eigenvalue weighted by Crippen LogP contribution is 2.15. The number of nitrogens with zero attached hydrogens (tertiary/aromatic N) is 1. The summed E-state index contributed by atoms with van der Waals surface area (Å²) in [6, 6.07) is 15.6. The Labute approximate surface area is 184 Å². The van der Waals surface area contributed by atoms with Gasteiger partial charge in [-0.05, 0) is 56.0 Å². The molecule has 0 saturated carbocycles. The molecule has 1 aliphatic heterocycles. The number of carbonyl (C=O) groups excluding carboxylic acids is 2. The molecule has 0 aliphatic carbocycles. The largest absolute Gasteiger partial charge is 0.497 e. The van der Waals surface area contributed by atoms with Crippen LogP contribution < -0.4 is 14.8 Å². The minimum atomic E-state index is 0.0168. The zero-order valence-corrected chi connectivity index (χ0v) is 18.4. The molecule has 1 aliphatic rings. The van der Waals surface area contributed by atoms with Gasteiger partial charge in [0.05, 0.1) is 20.1 Å². The van der Waals surface area contributed by atoms with E-state index in [1.54, 1.807) is 7.11 Å². The van der Waals surface area contributed by atoms with Crippen LogP contribution in [-0.2, 0) is 16.0 Å². The molecule has 0 atom stereocenters. The van der Waals surface area contributed by atoms with Crippen molar-refractivity contribution >= 4 is 11.8 Å². The summed E-state index contributed by atoms with van der Waals surface area (Å²) in [5.74, 6) is 1.80. The van der Waals surface area contributed by atoms with Gasteiger partial charge in [0.1, 0.15) is 11.5 Å². The van der Waals surface area contributed by atoms with Crippen molar-refractivity contribution in [1.29, 1.82) is 0 Å². The van der Waals surface area contributed by atoms with Gasteiger partial charge in [0.25, 0.3) is 0 Å². The molecule has 2 amide bonds. The highest BCUT2D eigenvalue weighted by Gasteiger charge is 2.23. The van der Waals surface area contributed by atoms with E-state index in [1.165, 1.54) is 5.56 Å². The second-order valence-corrected chi connectivity index (χ2v) is 8.01. The normalized spacial score (nSPS) is 14.2. The van der Waals surface area contributed by atoms with Gasteiger partial charge in [0.2, 0.25) is 11.8 Å². The molecule has 0 spiro atoms. The summed E-state index contributed by atoms with van der Waals surface area (Å²) in [6.07, 6.45) is 3.12. The number of nitrogens with one attached hydrogen (secondary N) is 1. The monoisotopic (exact) mass is 424 g/mol. The van der Waals surface area contributed by atoms with Crippen LogP contribution in [-0.4, -0.2) is 49.6 Å². The molecule has 166 valence electrons. The quantitative estimate of drug-likeness (QED) is 0.626. The maximum absolute atomic E-state index is 12.4. The van der Waals surface area contributed by atoms with Gasteiger partial charge in [-0.3, -0.25) is 9.59 Å². The summed E-state index contributed by atoms with van der Waals surface area (Å²) in [5, 5.41) is 3.10. The number of ether oxygens (including phenoxy) is 2. The SMILES string of the molecule is COc1ccc(CC(=O)NC2CCN(C(=O)CCCOc3ccc(C)cc3)CC2)cc1. The van der Waals surface area contributed by atoms with Gasteiger partial charge in [0, 0.05) is 25.6 Å². The Morgan fingerprint density at radius 3 is 2.29 bits per heavy atom. The first-order chi connectivity index (χ1) is 15.0. The number of rotatable bonds is 9. The van der Waals surface area contributed by atoms with Crippen molar-refractivity contribution in [3.05, 3.63) is 59.7 Å². The summed E-state index contributed by atoms with van der Waals surface area (Å²) in [5.41, 5.74) is 2.15. The van der Waals surface area contributed by atoms with Crippen molar-refractivity contribution in [2.24, 2.45) is 0 Å². The van der Waals surface area contributed by atoms with Crippen LogP contribution in [0.2, 0.25) is 0 Å². The lowest BCUT2D eigenvalue weighted by atomic mass is 10.0. The molecule has 1 heterocycles. The van der Waals surface area contributed by atoms with E-state index in [-0.39, 0.29) is 17.9 Å². The second kappa shape index (κ2) is 11.4. The molecule has 0 radical (unpaired) electrons. The van der Waals surface area contributed by atoms with Crippen molar-refractivity contribution in [3.63, 3.8) is 0 Å². The van der Waals surface area contributed by atoms with Crippen LogP contribution in [0.3, 0.4) is 0 Å². The van der Waals surface area contributed by atoms with Gasteiger partial charge in [-0.2, -0.15) is 0 Å². The molecular weight excluding hydrogens is 392 g/mol. The molecule has 6 nitrogen and oxygen atoms in total. The maximum atomic E-state index is 12.4. The highest BCUT2D eigenvalue weighted by molar-refractivity contribution is 5.79. The Morgan fingerprint density at radius 1 is 1.00 bits per heavy atom. The van der Waals surface area contributed by atoms with E-state index in [4.69, 9.17) is 9.47 Å². The summed E-state index contributed by atoms with van der Waals surface area (Å²) < 4.78 is 10.8. The lowest BCUT2D eigenvalue weighted by molar-refractivity contribution is -0.132. The fourth-order valence-electron chi connectivity index (χ4n) is 3.69. The summed E-state index contributed by atoms with van der Waals surface area (Å²) in [4.78, 5) is 26.7. The Balaban J connectivity index is 1.31. The van der Waals surface area contributed by atoms with E-state index in [2.05, 4.69) is 5.32 Å². The third kappa shape index (κ3) is 7.31. The Hall–Kier alpha value is -3.02. The van der Waals surface area contributed by atoms with Crippen molar-refractivity contribution in [1.82, 2.24) is 10.2 Å². The molecular formula is C25H32N2O4. The van der Waals surface area contributed by atoms with Gasteiger partial charge in [-0.25, -0.2) is 0 Å². The standard InChI is InChI=1S/C25H32N2O4/c1-19-5-9-23(10-6-19)31-17-3-4-25(29)27-15-13-21(14-16-27)26-24(28)18-20-7-11-22(30-2)12-8-20/h5-12,21H,3-4,13-18H2,1-2H3,(H,26,28). The first-order valence-electron chi connectivity index (χ1n) is 10.9. The Morgan fingerprint density at radius 2 is 1.65 bits per heavy atom. The van der Waals surface area contributed by atoms with E-state index in [1.807, 2.05) is 60.4 Å². The Kier molecular flexibility index (Phi) is 8.33. The zero-order valence-electron chi connectivity index (χ0n) is 18.4. The molecule has 6 heteroatoms. The summed E-state index contributed by atoms with van der Waals surface area (Å²) in [7, 11) is 1.62. The van der Waals surface area contributed by atoms with E-state index < -0.39 is 0 Å². The average molecular weight is 425 g/mol. The molecule has 1 N–H and O–H groups in total. The number of amides is 2. The van der Waals surface area contributed by atoms with Gasteiger partial charge in [-0.1, -0.05) is 29.8 Å². The molecule has 31 heavy (non-hydrogen) atoms. The number of aryl methyl sites for hydroxylation is 1. The third-order valence-electron chi connectivity index (χ3n) is 5.56. The summed E-state index contributed by atoms with van der Waals surface area (Å²) in [6.45, 7) is 3.95. The predicted molar refractivity (Wildman–Crippen MR) is 120 cm³/mol. The van der Waals surface area contributed by atoms with Crippen molar-refractivity contribution in [2.75, 3.05) is 26.8 Å². The molecule has 3 rings (SSSR count). The van der Waals surface area contributed by atoms with Gasteiger partial charge >= 0.3 is 0 Å². The predicted octanol–water partition coefficient (Wildman–Crippen LogP) is 3.51. The molecule has 0 unspecified atom stereocenters. The lowest BCUT2D eigenvalue weighted by Crippen LogP contribution is -2.46. The van der Waals surface area contributed by atoms with Crippen LogP contribution in [0, 0.1) is 6.92 Å². The number of methoxy groups -OCH3 is 1. The topological polar surface area (TPSA) is 67.9 Å². The van der Waals surface area contributed by atoms with Crippen LogP contribution in [0.25, 0.3) is 0 Å². The van der Waals surface area contributed by atoms with Gasteiger partial charge in [-0.15, -0.1) is 0 Å². The number of benzene rings is 2. The molecule has 2 aromatic rings. The highest BCUT2D eigenvalue weighted by atomic mass is 16.5. The third-order valence-corrected chi connectivity index (χ3v) is 5.56. The second-order valence-electron chi connectivity index (χ2n) is 8.01. The molecule has 0 aromatic heterocycles. The molecule has 2 aromatic carbocycles. The van der Waals surface area contributed by atoms with Gasteiger partial charge < -0.3 is 19.7 Å². The molecule has 1 saturated heterocycles. The van der Waals surface area contributed by atoms with Crippen LogP contribution >= 0.6 is 0 Å². The number of hydrogen-bond donors (Lipinski definition) is 1. The first kappa shape index (κ1) is 22.7. The smallest absolute Gasteiger partial charge is 0.224 e. The van der Waals surface area contributed by atoms with Crippen LogP contribution in [0.5, 0.6) is 11.5 Å². The minimum absolute atomic E-state index is 0.0168. The van der Waals surface area contributed by atoms with Crippen molar-refractivity contribution < 1.29 is 19.1 Å². The van der Waals surface area contributed by atoms with E-state index >= 15 is 0 Å². The lowest BCUT2D eigenvalue weighted by Gasteiger charge is -2.32. The van der Waals surface area contributed by atoms with Gasteiger partial charge in [0.15, 0.2) is 0 Å². The van der Waals surface area contributed by atoms with E-state index in [0.717, 1.165) is 29.9 Å². The fraction of sp³-hybridized carbons (Fsp3) is 0.440. The number of likely N-dealkylation sites (tertiary alicyclic amines) is 1. The van der Waals surface area contributed by atoms with Crippen molar-refractivity contribution in [2.45, 2.75) is 45.1 Å². The maximum Gasteiger partial charge on any atom is 0.224 e. The zero-order chi connectivity index (χ0) is 22.1. The van der Waals surface area contributed by atoms with Crippen LogP contribution in [0.15, 0.2) is 48.5 Å². The average Bonchev–Trinajstić information content (AvgIpc) is 2.78. The first-order valence-corrected chi connectivity index (χ1v) is 10.9. The molecule has 0 bridgehead atoms. The van der Waals surface area contributed by atoms with Crippen molar-refractivity contribution in [3.8, 4) is 11.5 Å².